The zero-order valence-electron chi connectivity index (χ0n) is 10.9. The van der Waals surface area contributed by atoms with Crippen molar-refractivity contribution in [2.24, 2.45) is 0 Å². The molecule has 16 heavy (non-hydrogen) atoms. The second-order valence-corrected chi connectivity index (χ2v) is 5.45. The first kappa shape index (κ1) is 14.3. The molecular formula is C13H27ClN2. The number of likely N-dealkylation sites (tertiary alicyclic amines) is 1. The number of alkyl halides is 1. The van der Waals surface area contributed by atoms with Crippen LogP contribution >= 0.6 is 11.6 Å². The Morgan fingerprint density at radius 2 is 1.75 bits per heavy atom. The molecule has 2 nitrogen and oxygen atoms in total. The van der Waals surface area contributed by atoms with E-state index >= 15 is 0 Å². The minimum Gasteiger partial charge on any atom is -0.303 e. The summed E-state index contributed by atoms with van der Waals surface area (Å²) in [6.45, 7) is 10.9. The lowest BCUT2D eigenvalue weighted by Gasteiger charge is -2.27. The second-order valence-electron chi connectivity index (χ2n) is 5.07. The Labute approximate surface area is 106 Å². The van der Waals surface area contributed by atoms with E-state index in [9.17, 15) is 0 Å². The van der Waals surface area contributed by atoms with Crippen molar-refractivity contribution in [3.63, 3.8) is 0 Å². The Balaban J connectivity index is 2.10. The van der Waals surface area contributed by atoms with Crippen LogP contribution in [-0.4, -0.2) is 54.4 Å². The highest BCUT2D eigenvalue weighted by molar-refractivity contribution is 6.17. The first-order chi connectivity index (χ1) is 7.74. The van der Waals surface area contributed by atoms with Crippen LogP contribution < -0.4 is 0 Å². The van der Waals surface area contributed by atoms with Gasteiger partial charge in [-0.15, -0.1) is 11.6 Å². The van der Waals surface area contributed by atoms with Crippen molar-refractivity contribution in [3.05, 3.63) is 0 Å². The van der Waals surface area contributed by atoms with Crippen molar-refractivity contribution in [3.8, 4) is 0 Å². The van der Waals surface area contributed by atoms with Gasteiger partial charge in [0.1, 0.15) is 0 Å². The zero-order chi connectivity index (χ0) is 11.8. The molecule has 0 aromatic rings. The van der Waals surface area contributed by atoms with Gasteiger partial charge in [-0.3, -0.25) is 0 Å². The van der Waals surface area contributed by atoms with Crippen molar-refractivity contribution >= 4 is 11.6 Å². The summed E-state index contributed by atoms with van der Waals surface area (Å²) in [7, 11) is 0. The van der Waals surface area contributed by atoms with Crippen LogP contribution in [0.4, 0.5) is 0 Å². The standard InChI is InChI=1S/C13H27ClN2/c1-13(2)16(11-5-7-14)12-6-10-15-8-3-4-9-15/h13H,3-12H2,1-2H3. The van der Waals surface area contributed by atoms with Gasteiger partial charge >= 0.3 is 0 Å². The highest BCUT2D eigenvalue weighted by Crippen LogP contribution is 2.08. The van der Waals surface area contributed by atoms with E-state index in [0.717, 1.165) is 18.8 Å². The fourth-order valence-electron chi connectivity index (χ4n) is 2.39. The largest absolute Gasteiger partial charge is 0.303 e. The predicted molar refractivity (Wildman–Crippen MR) is 72.3 cm³/mol. The topological polar surface area (TPSA) is 6.48 Å². The molecule has 3 heteroatoms. The zero-order valence-corrected chi connectivity index (χ0v) is 11.7. The van der Waals surface area contributed by atoms with Gasteiger partial charge in [0, 0.05) is 11.9 Å². The van der Waals surface area contributed by atoms with Crippen molar-refractivity contribution in [1.82, 2.24) is 9.80 Å². The smallest absolute Gasteiger partial charge is 0.0235 e. The summed E-state index contributed by atoms with van der Waals surface area (Å²) < 4.78 is 0. The van der Waals surface area contributed by atoms with Gasteiger partial charge < -0.3 is 9.80 Å². The van der Waals surface area contributed by atoms with E-state index in [2.05, 4.69) is 23.6 Å². The van der Waals surface area contributed by atoms with E-state index in [1.165, 1.54) is 45.4 Å². The molecule has 1 rings (SSSR count). The van der Waals surface area contributed by atoms with E-state index in [4.69, 9.17) is 11.6 Å². The summed E-state index contributed by atoms with van der Waals surface area (Å²) in [6, 6.07) is 0.654. The molecule has 0 saturated carbocycles. The third-order valence-corrected chi connectivity index (χ3v) is 3.69. The van der Waals surface area contributed by atoms with Gasteiger partial charge in [0.15, 0.2) is 0 Å². The molecule has 0 atom stereocenters. The normalized spacial score (nSPS) is 17.8. The van der Waals surface area contributed by atoms with E-state index in [1.807, 2.05) is 0 Å². The first-order valence-electron chi connectivity index (χ1n) is 6.76. The molecule has 1 saturated heterocycles. The molecule has 0 N–H and O–H groups in total. The molecule has 0 bridgehead atoms. The molecule has 1 fully saturated rings. The number of rotatable bonds is 8. The third-order valence-electron chi connectivity index (χ3n) is 3.43. The summed E-state index contributed by atoms with van der Waals surface area (Å²) in [4.78, 5) is 5.15. The molecule has 0 spiro atoms. The van der Waals surface area contributed by atoms with Crippen molar-refractivity contribution < 1.29 is 0 Å². The average Bonchev–Trinajstić information content (AvgIpc) is 2.75. The van der Waals surface area contributed by atoms with Crippen molar-refractivity contribution in [1.29, 1.82) is 0 Å². The molecule has 0 unspecified atom stereocenters. The molecule has 1 heterocycles. The Morgan fingerprint density at radius 1 is 1.12 bits per heavy atom. The lowest BCUT2D eigenvalue weighted by molar-refractivity contribution is 0.205. The quantitative estimate of drug-likeness (QED) is 0.608. The Kier molecular flexibility index (Phi) is 7.42. The monoisotopic (exact) mass is 246 g/mol. The number of hydrogen-bond acceptors (Lipinski definition) is 2. The molecule has 0 amide bonds. The molecule has 0 aromatic carbocycles. The molecule has 0 aromatic heterocycles. The van der Waals surface area contributed by atoms with Crippen molar-refractivity contribution in [2.45, 2.75) is 45.6 Å². The first-order valence-corrected chi connectivity index (χ1v) is 7.30. The van der Waals surface area contributed by atoms with Crippen LogP contribution in [0.2, 0.25) is 0 Å². The van der Waals surface area contributed by atoms with Gasteiger partial charge in [0.2, 0.25) is 0 Å². The van der Waals surface area contributed by atoms with Gasteiger partial charge in [-0.25, -0.2) is 0 Å². The van der Waals surface area contributed by atoms with E-state index in [-0.39, 0.29) is 0 Å². The highest BCUT2D eigenvalue weighted by atomic mass is 35.5. The van der Waals surface area contributed by atoms with Crippen LogP contribution in [0.15, 0.2) is 0 Å². The summed E-state index contributed by atoms with van der Waals surface area (Å²) in [6.07, 6.45) is 5.23. The van der Waals surface area contributed by atoms with E-state index in [0.29, 0.717) is 6.04 Å². The van der Waals surface area contributed by atoms with Gasteiger partial charge in [-0.05, 0) is 72.3 Å². The Hall–Kier alpha value is 0.210. The fraction of sp³-hybridized carbons (Fsp3) is 1.00. The van der Waals surface area contributed by atoms with Crippen LogP contribution in [0.3, 0.4) is 0 Å². The van der Waals surface area contributed by atoms with Crippen LogP contribution in [0, 0.1) is 0 Å². The summed E-state index contributed by atoms with van der Waals surface area (Å²) in [5.41, 5.74) is 0. The molecule has 1 aliphatic heterocycles. The molecular weight excluding hydrogens is 220 g/mol. The van der Waals surface area contributed by atoms with E-state index in [1.54, 1.807) is 0 Å². The summed E-state index contributed by atoms with van der Waals surface area (Å²) in [5, 5.41) is 0. The van der Waals surface area contributed by atoms with Gasteiger partial charge in [-0.1, -0.05) is 0 Å². The van der Waals surface area contributed by atoms with Crippen LogP contribution in [-0.2, 0) is 0 Å². The molecule has 0 radical (unpaired) electrons. The minimum atomic E-state index is 0.654. The van der Waals surface area contributed by atoms with Crippen LogP contribution in [0.5, 0.6) is 0 Å². The molecule has 1 aliphatic rings. The minimum absolute atomic E-state index is 0.654. The Bertz CT molecular complexity index is 167. The maximum atomic E-state index is 5.75. The van der Waals surface area contributed by atoms with Gasteiger partial charge in [0.05, 0.1) is 0 Å². The van der Waals surface area contributed by atoms with Crippen molar-refractivity contribution in [2.75, 3.05) is 38.6 Å². The molecule has 96 valence electrons. The number of hydrogen-bond donors (Lipinski definition) is 0. The number of halogens is 1. The SMILES string of the molecule is CC(C)N(CCCCl)CCCN1CCCC1. The van der Waals surface area contributed by atoms with Gasteiger partial charge in [0.25, 0.3) is 0 Å². The van der Waals surface area contributed by atoms with Crippen LogP contribution in [0.25, 0.3) is 0 Å². The number of nitrogens with zero attached hydrogens (tertiary/aromatic N) is 2. The maximum absolute atomic E-state index is 5.75. The second kappa shape index (κ2) is 8.32. The lowest BCUT2D eigenvalue weighted by Crippen LogP contribution is -2.34. The average molecular weight is 247 g/mol. The van der Waals surface area contributed by atoms with Crippen LogP contribution in [0.1, 0.15) is 39.5 Å². The lowest BCUT2D eigenvalue weighted by atomic mass is 10.2. The van der Waals surface area contributed by atoms with Gasteiger partial charge in [-0.2, -0.15) is 0 Å². The third kappa shape index (κ3) is 5.51. The Morgan fingerprint density at radius 3 is 2.31 bits per heavy atom. The maximum Gasteiger partial charge on any atom is 0.0235 e. The molecule has 0 aliphatic carbocycles. The highest BCUT2D eigenvalue weighted by Gasteiger charge is 2.12. The summed E-state index contributed by atoms with van der Waals surface area (Å²) >= 11 is 5.75. The predicted octanol–water partition coefficient (Wildman–Crippen LogP) is 2.81. The van der Waals surface area contributed by atoms with E-state index < -0.39 is 0 Å². The fourth-order valence-corrected chi connectivity index (χ4v) is 2.51. The summed E-state index contributed by atoms with van der Waals surface area (Å²) in [5.74, 6) is 0.787.